The Bertz CT molecular complexity index is 233. The topological polar surface area (TPSA) is 54.0 Å². The highest BCUT2D eigenvalue weighted by molar-refractivity contribution is 4.80. The first-order chi connectivity index (χ1) is 9.67. The van der Waals surface area contributed by atoms with E-state index >= 15 is 0 Å². The molecule has 1 aliphatic rings. The van der Waals surface area contributed by atoms with Crippen LogP contribution in [0, 0.1) is 5.92 Å². The van der Waals surface area contributed by atoms with E-state index < -0.39 is 6.10 Å². The second-order valence-electron chi connectivity index (χ2n) is 5.71. The number of likely N-dealkylation sites (tertiary alicyclic amines) is 1. The van der Waals surface area contributed by atoms with Gasteiger partial charge in [0.05, 0.1) is 25.9 Å². The van der Waals surface area contributed by atoms with Gasteiger partial charge in [0.15, 0.2) is 0 Å². The number of aliphatic hydroxyl groups excluding tert-OH is 1. The van der Waals surface area contributed by atoms with Crippen molar-refractivity contribution in [2.45, 2.75) is 38.8 Å². The van der Waals surface area contributed by atoms with E-state index in [-0.39, 0.29) is 0 Å². The quantitative estimate of drug-likeness (QED) is 0.580. The summed E-state index contributed by atoms with van der Waals surface area (Å²) in [6, 6.07) is 0.601. The molecule has 5 nitrogen and oxygen atoms in total. The number of nitrogens with zero attached hydrogens (tertiary/aromatic N) is 1. The lowest BCUT2D eigenvalue weighted by Crippen LogP contribution is -2.44. The van der Waals surface area contributed by atoms with E-state index in [9.17, 15) is 5.11 Å². The van der Waals surface area contributed by atoms with Crippen LogP contribution < -0.4 is 5.32 Å². The van der Waals surface area contributed by atoms with E-state index in [0.29, 0.717) is 25.9 Å². The summed E-state index contributed by atoms with van der Waals surface area (Å²) in [5.74, 6) is 0.765. The van der Waals surface area contributed by atoms with Gasteiger partial charge in [0.25, 0.3) is 0 Å². The van der Waals surface area contributed by atoms with E-state index in [1.165, 1.54) is 12.8 Å². The number of ether oxygens (including phenoxy) is 2. The Labute approximate surface area is 123 Å². The number of methoxy groups -OCH3 is 1. The van der Waals surface area contributed by atoms with Crippen LogP contribution in [0.1, 0.15) is 26.7 Å². The zero-order valence-electron chi connectivity index (χ0n) is 13.3. The van der Waals surface area contributed by atoms with Crippen LogP contribution in [-0.2, 0) is 9.47 Å². The summed E-state index contributed by atoms with van der Waals surface area (Å²) in [7, 11) is 1.65. The molecular weight excluding hydrogens is 256 g/mol. The van der Waals surface area contributed by atoms with Crippen molar-refractivity contribution in [2.24, 2.45) is 5.92 Å². The molecule has 1 saturated heterocycles. The van der Waals surface area contributed by atoms with Crippen LogP contribution in [0.3, 0.4) is 0 Å². The highest BCUT2D eigenvalue weighted by Gasteiger charge is 2.24. The molecule has 0 aromatic rings. The molecule has 0 aromatic heterocycles. The highest BCUT2D eigenvalue weighted by Crippen LogP contribution is 2.20. The first-order valence-corrected chi connectivity index (χ1v) is 7.87. The van der Waals surface area contributed by atoms with Gasteiger partial charge in [0.1, 0.15) is 0 Å². The van der Waals surface area contributed by atoms with Crippen molar-refractivity contribution in [3.8, 4) is 0 Å². The Morgan fingerprint density at radius 2 is 2.00 bits per heavy atom. The molecule has 1 rings (SSSR count). The lowest BCUT2D eigenvalue weighted by molar-refractivity contribution is -0.00527. The van der Waals surface area contributed by atoms with E-state index in [4.69, 9.17) is 9.47 Å². The number of β-amino-alcohol motifs (C(OH)–C–C–N with tert-alkyl or cyclic N) is 1. The van der Waals surface area contributed by atoms with Gasteiger partial charge in [-0.1, -0.05) is 6.92 Å². The summed E-state index contributed by atoms with van der Waals surface area (Å²) < 4.78 is 10.3. The predicted octanol–water partition coefficient (Wildman–Crippen LogP) is 0.720. The molecular formula is C15H32N2O3. The minimum absolute atomic E-state index is 0.394. The summed E-state index contributed by atoms with van der Waals surface area (Å²) in [5, 5.41) is 13.5. The number of piperidine rings is 1. The molecule has 5 heteroatoms. The third kappa shape index (κ3) is 6.99. The van der Waals surface area contributed by atoms with E-state index in [1.54, 1.807) is 7.11 Å². The molecule has 0 radical (unpaired) electrons. The summed E-state index contributed by atoms with van der Waals surface area (Å²) in [4.78, 5) is 2.35. The monoisotopic (exact) mass is 288 g/mol. The van der Waals surface area contributed by atoms with Crippen LogP contribution in [0.2, 0.25) is 0 Å². The molecule has 0 aromatic carbocycles. The Kier molecular flexibility index (Phi) is 9.39. The SMILES string of the molecule is CCNC(C)C1CCN(CC(O)COCCOC)CC1. The largest absolute Gasteiger partial charge is 0.389 e. The smallest absolute Gasteiger partial charge is 0.0900 e. The number of aliphatic hydroxyl groups is 1. The Hall–Kier alpha value is -0.200. The van der Waals surface area contributed by atoms with E-state index in [0.717, 1.165) is 32.1 Å². The summed E-state index contributed by atoms with van der Waals surface area (Å²) >= 11 is 0. The Balaban J connectivity index is 2.12. The van der Waals surface area contributed by atoms with E-state index in [2.05, 4.69) is 24.1 Å². The molecule has 1 fully saturated rings. The average Bonchev–Trinajstić information content (AvgIpc) is 2.45. The van der Waals surface area contributed by atoms with Gasteiger partial charge in [-0.05, 0) is 45.3 Å². The lowest BCUT2D eigenvalue weighted by Gasteiger charge is -2.35. The molecule has 20 heavy (non-hydrogen) atoms. The zero-order valence-corrected chi connectivity index (χ0v) is 13.3. The van der Waals surface area contributed by atoms with Gasteiger partial charge in [0.2, 0.25) is 0 Å². The van der Waals surface area contributed by atoms with Crippen molar-refractivity contribution < 1.29 is 14.6 Å². The van der Waals surface area contributed by atoms with Crippen molar-refractivity contribution in [3.05, 3.63) is 0 Å². The molecule has 0 amide bonds. The Morgan fingerprint density at radius 3 is 2.60 bits per heavy atom. The standard InChI is InChI=1S/C15H32N2O3/c1-4-16-13(2)14-5-7-17(8-6-14)11-15(18)12-20-10-9-19-3/h13-16,18H,4-12H2,1-3H3. The summed E-state index contributed by atoms with van der Waals surface area (Å²) in [6.07, 6.45) is 2.03. The van der Waals surface area contributed by atoms with E-state index in [1.807, 2.05) is 0 Å². The second kappa shape index (κ2) is 10.5. The van der Waals surface area contributed by atoms with Crippen molar-refractivity contribution >= 4 is 0 Å². The van der Waals surface area contributed by atoms with Gasteiger partial charge in [-0.3, -0.25) is 0 Å². The predicted molar refractivity (Wildman–Crippen MR) is 81.0 cm³/mol. The average molecular weight is 288 g/mol. The van der Waals surface area contributed by atoms with Gasteiger partial charge in [0, 0.05) is 19.7 Å². The van der Waals surface area contributed by atoms with Crippen LogP contribution in [0.15, 0.2) is 0 Å². The fraction of sp³-hybridized carbons (Fsp3) is 1.00. The van der Waals surface area contributed by atoms with Crippen molar-refractivity contribution in [2.75, 3.05) is 53.1 Å². The molecule has 1 aliphatic heterocycles. The minimum Gasteiger partial charge on any atom is -0.389 e. The van der Waals surface area contributed by atoms with Crippen LogP contribution in [-0.4, -0.2) is 75.3 Å². The molecule has 120 valence electrons. The number of rotatable bonds is 10. The molecule has 2 atom stereocenters. The van der Waals surface area contributed by atoms with Crippen molar-refractivity contribution in [1.82, 2.24) is 10.2 Å². The van der Waals surface area contributed by atoms with Gasteiger partial charge < -0.3 is 24.8 Å². The molecule has 0 aliphatic carbocycles. The number of hydrogen-bond donors (Lipinski definition) is 2. The first kappa shape index (κ1) is 17.9. The third-order valence-electron chi connectivity index (χ3n) is 4.08. The molecule has 1 heterocycles. The van der Waals surface area contributed by atoms with Crippen LogP contribution in [0.25, 0.3) is 0 Å². The summed E-state index contributed by atoms with van der Waals surface area (Å²) in [5.41, 5.74) is 0. The molecule has 2 unspecified atom stereocenters. The third-order valence-corrected chi connectivity index (χ3v) is 4.08. The van der Waals surface area contributed by atoms with Gasteiger partial charge >= 0.3 is 0 Å². The number of hydrogen-bond acceptors (Lipinski definition) is 5. The van der Waals surface area contributed by atoms with Crippen molar-refractivity contribution in [3.63, 3.8) is 0 Å². The Morgan fingerprint density at radius 1 is 1.30 bits per heavy atom. The fourth-order valence-corrected chi connectivity index (χ4v) is 2.84. The van der Waals surface area contributed by atoms with Crippen LogP contribution >= 0.6 is 0 Å². The maximum absolute atomic E-state index is 9.94. The normalized spacial score (nSPS) is 21.0. The van der Waals surface area contributed by atoms with Crippen molar-refractivity contribution in [1.29, 1.82) is 0 Å². The maximum atomic E-state index is 9.94. The first-order valence-electron chi connectivity index (χ1n) is 7.87. The highest BCUT2D eigenvalue weighted by atomic mass is 16.5. The van der Waals surface area contributed by atoms with Gasteiger partial charge in [-0.2, -0.15) is 0 Å². The van der Waals surface area contributed by atoms with Crippen LogP contribution in [0.5, 0.6) is 0 Å². The molecule has 2 N–H and O–H groups in total. The van der Waals surface area contributed by atoms with Crippen LogP contribution in [0.4, 0.5) is 0 Å². The molecule has 0 saturated carbocycles. The minimum atomic E-state index is -0.394. The maximum Gasteiger partial charge on any atom is 0.0900 e. The van der Waals surface area contributed by atoms with Gasteiger partial charge in [-0.25, -0.2) is 0 Å². The molecule has 0 bridgehead atoms. The molecule has 0 spiro atoms. The second-order valence-corrected chi connectivity index (χ2v) is 5.71. The summed E-state index contributed by atoms with van der Waals surface area (Å²) in [6.45, 7) is 9.89. The van der Waals surface area contributed by atoms with Gasteiger partial charge in [-0.15, -0.1) is 0 Å². The zero-order chi connectivity index (χ0) is 14.8. The fourth-order valence-electron chi connectivity index (χ4n) is 2.84. The lowest BCUT2D eigenvalue weighted by atomic mass is 9.90. The number of nitrogens with one attached hydrogen (secondary N) is 1.